The third kappa shape index (κ3) is 3.54. The molecule has 0 N–H and O–H groups in total. The second-order valence-electron chi connectivity index (χ2n) is 5.06. The Balaban J connectivity index is 2.13. The van der Waals surface area contributed by atoms with Crippen molar-refractivity contribution in [3.63, 3.8) is 0 Å². The van der Waals surface area contributed by atoms with Crippen molar-refractivity contribution in [2.75, 3.05) is 13.7 Å². The highest BCUT2D eigenvalue weighted by atomic mass is 35.5. The third-order valence-corrected chi connectivity index (χ3v) is 5.14. The molecule has 4 nitrogen and oxygen atoms in total. The van der Waals surface area contributed by atoms with E-state index in [0.717, 1.165) is 10.1 Å². The zero-order valence-corrected chi connectivity index (χ0v) is 14.7. The van der Waals surface area contributed by atoms with E-state index in [1.807, 2.05) is 13.8 Å². The maximum atomic E-state index is 12.1. The molecule has 1 aromatic heterocycles. The third-order valence-electron chi connectivity index (χ3n) is 3.27. The van der Waals surface area contributed by atoms with Crippen LogP contribution in [0.15, 0.2) is 18.2 Å². The van der Waals surface area contributed by atoms with E-state index in [2.05, 4.69) is 0 Å². The molecule has 0 aliphatic rings. The molecule has 0 bridgehead atoms. The molecule has 0 unspecified atom stereocenters. The molecule has 1 heterocycles. The fourth-order valence-electron chi connectivity index (χ4n) is 1.75. The zero-order valence-electron chi connectivity index (χ0n) is 12.4. The van der Waals surface area contributed by atoms with Crippen molar-refractivity contribution in [1.29, 1.82) is 0 Å². The number of ether oxygens (including phenoxy) is 1. The van der Waals surface area contributed by atoms with Crippen LogP contribution in [-0.2, 0) is 9.53 Å². The number of benzene rings is 1. The van der Waals surface area contributed by atoms with Gasteiger partial charge < -0.3 is 9.64 Å². The average molecular weight is 360 g/mol. The first-order valence-corrected chi connectivity index (χ1v) is 8.18. The Kier molecular flexibility index (Phi) is 5.32. The summed E-state index contributed by atoms with van der Waals surface area (Å²) in [6.45, 7) is 3.46. The van der Waals surface area contributed by atoms with Crippen LogP contribution in [0.4, 0.5) is 0 Å². The predicted molar refractivity (Wildman–Crippen MR) is 90.0 cm³/mol. The smallest absolute Gasteiger partial charge is 0.350 e. The minimum Gasteiger partial charge on any atom is -0.451 e. The van der Waals surface area contributed by atoms with Crippen LogP contribution in [0.2, 0.25) is 10.0 Å². The van der Waals surface area contributed by atoms with Crippen LogP contribution in [0.25, 0.3) is 10.1 Å². The van der Waals surface area contributed by atoms with Gasteiger partial charge in [0.1, 0.15) is 4.88 Å². The van der Waals surface area contributed by atoms with Crippen molar-refractivity contribution < 1.29 is 14.3 Å². The molecule has 2 aromatic rings. The number of hydrogen-bond donors (Lipinski definition) is 0. The van der Waals surface area contributed by atoms with Gasteiger partial charge >= 0.3 is 5.97 Å². The monoisotopic (exact) mass is 359 g/mol. The first-order valence-electron chi connectivity index (χ1n) is 6.61. The van der Waals surface area contributed by atoms with E-state index in [1.165, 1.54) is 16.2 Å². The summed E-state index contributed by atoms with van der Waals surface area (Å²) in [5.74, 6) is -0.864. The molecule has 0 aliphatic carbocycles. The fourth-order valence-corrected chi connectivity index (χ4v) is 3.43. The predicted octanol–water partition coefficient (Wildman–Crippen LogP) is 4.23. The molecule has 2 rings (SSSR count). The zero-order chi connectivity index (χ0) is 16.4. The first-order chi connectivity index (χ1) is 10.3. The number of fused-ring (bicyclic) bond motifs is 1. The Morgan fingerprint density at radius 2 is 2.00 bits per heavy atom. The first kappa shape index (κ1) is 17.1. The van der Waals surface area contributed by atoms with Gasteiger partial charge in [-0.1, -0.05) is 29.3 Å². The van der Waals surface area contributed by atoms with Gasteiger partial charge in [0, 0.05) is 28.2 Å². The lowest BCUT2D eigenvalue weighted by atomic mass is 10.2. The van der Waals surface area contributed by atoms with Gasteiger partial charge in [0.15, 0.2) is 6.61 Å². The number of nitrogens with zero attached hydrogens (tertiary/aromatic N) is 1. The molecule has 118 valence electrons. The molecule has 0 spiro atoms. The van der Waals surface area contributed by atoms with Gasteiger partial charge in [-0.15, -0.1) is 11.3 Å². The number of rotatable bonds is 4. The summed E-state index contributed by atoms with van der Waals surface area (Å²) in [4.78, 5) is 25.7. The van der Waals surface area contributed by atoms with E-state index in [4.69, 9.17) is 27.9 Å². The van der Waals surface area contributed by atoms with Gasteiger partial charge in [-0.2, -0.15) is 0 Å². The second-order valence-corrected chi connectivity index (χ2v) is 6.93. The Morgan fingerprint density at radius 1 is 1.32 bits per heavy atom. The second kappa shape index (κ2) is 6.86. The fraction of sp³-hybridized carbons (Fsp3) is 0.333. The molecule has 1 aromatic carbocycles. The molecule has 0 saturated heterocycles. The maximum Gasteiger partial charge on any atom is 0.350 e. The topological polar surface area (TPSA) is 46.6 Å². The molecule has 0 aliphatic heterocycles. The molecule has 0 atom stereocenters. The maximum absolute atomic E-state index is 12.1. The summed E-state index contributed by atoms with van der Waals surface area (Å²) in [6.07, 6.45) is 0. The van der Waals surface area contributed by atoms with Crippen LogP contribution < -0.4 is 0 Å². The standard InChI is InChI=1S/C15H15Cl2NO3S/c1-8(2)18(3)12(19)7-21-15(20)14-13(17)10-5-4-9(16)6-11(10)22-14/h4-6,8H,7H2,1-3H3. The van der Waals surface area contributed by atoms with Crippen molar-refractivity contribution >= 4 is 56.5 Å². The summed E-state index contributed by atoms with van der Waals surface area (Å²) in [6, 6.07) is 5.24. The number of carbonyl (C=O) groups excluding carboxylic acids is 2. The van der Waals surface area contributed by atoms with Crippen molar-refractivity contribution in [3.05, 3.63) is 33.1 Å². The molecule has 22 heavy (non-hydrogen) atoms. The van der Waals surface area contributed by atoms with Crippen LogP contribution in [0.3, 0.4) is 0 Å². The number of esters is 1. The van der Waals surface area contributed by atoms with Gasteiger partial charge in [0.2, 0.25) is 0 Å². The van der Waals surface area contributed by atoms with Crippen LogP contribution in [0.5, 0.6) is 0 Å². The van der Waals surface area contributed by atoms with E-state index in [1.54, 1.807) is 25.2 Å². The number of carbonyl (C=O) groups is 2. The minimum absolute atomic E-state index is 0.0428. The van der Waals surface area contributed by atoms with E-state index >= 15 is 0 Å². The number of amides is 1. The lowest BCUT2D eigenvalue weighted by molar-refractivity contribution is -0.134. The highest BCUT2D eigenvalue weighted by Crippen LogP contribution is 2.37. The van der Waals surface area contributed by atoms with Gasteiger partial charge in [-0.05, 0) is 26.0 Å². The molecule has 1 amide bonds. The Hall–Kier alpha value is -1.30. The van der Waals surface area contributed by atoms with Crippen molar-refractivity contribution in [2.24, 2.45) is 0 Å². The number of thiophene rings is 1. The molecular weight excluding hydrogens is 345 g/mol. The van der Waals surface area contributed by atoms with E-state index in [-0.39, 0.29) is 23.4 Å². The Bertz CT molecular complexity index is 727. The van der Waals surface area contributed by atoms with Gasteiger partial charge in [-0.25, -0.2) is 4.79 Å². The molecule has 0 radical (unpaired) electrons. The summed E-state index contributed by atoms with van der Waals surface area (Å²) >= 11 is 13.3. The Morgan fingerprint density at radius 3 is 2.64 bits per heavy atom. The van der Waals surface area contributed by atoms with E-state index in [0.29, 0.717) is 10.0 Å². The van der Waals surface area contributed by atoms with Crippen molar-refractivity contribution in [3.8, 4) is 0 Å². The van der Waals surface area contributed by atoms with Crippen molar-refractivity contribution in [2.45, 2.75) is 19.9 Å². The van der Waals surface area contributed by atoms with Crippen LogP contribution in [-0.4, -0.2) is 36.5 Å². The SMILES string of the molecule is CC(C)N(C)C(=O)COC(=O)c1sc2cc(Cl)ccc2c1Cl. The summed E-state index contributed by atoms with van der Waals surface area (Å²) in [5, 5.41) is 1.64. The summed E-state index contributed by atoms with van der Waals surface area (Å²) in [5.41, 5.74) is 0. The lowest BCUT2D eigenvalue weighted by Crippen LogP contribution is -2.36. The number of likely N-dealkylation sites (N-methyl/N-ethyl adjacent to an activating group) is 1. The number of hydrogen-bond acceptors (Lipinski definition) is 4. The highest BCUT2D eigenvalue weighted by Gasteiger charge is 2.21. The summed E-state index contributed by atoms with van der Waals surface area (Å²) in [7, 11) is 1.66. The van der Waals surface area contributed by atoms with Crippen LogP contribution in [0, 0.1) is 0 Å². The van der Waals surface area contributed by atoms with E-state index in [9.17, 15) is 9.59 Å². The summed E-state index contributed by atoms with van der Waals surface area (Å²) < 4.78 is 5.87. The van der Waals surface area contributed by atoms with Gasteiger partial charge in [0.05, 0.1) is 5.02 Å². The van der Waals surface area contributed by atoms with Crippen LogP contribution >= 0.6 is 34.5 Å². The Labute approximate surface area is 142 Å². The van der Waals surface area contributed by atoms with Gasteiger partial charge in [0.25, 0.3) is 5.91 Å². The molecule has 7 heteroatoms. The van der Waals surface area contributed by atoms with Crippen molar-refractivity contribution in [1.82, 2.24) is 4.90 Å². The minimum atomic E-state index is -0.604. The highest BCUT2D eigenvalue weighted by molar-refractivity contribution is 7.21. The quantitative estimate of drug-likeness (QED) is 0.767. The average Bonchev–Trinajstić information content (AvgIpc) is 2.79. The number of halogens is 2. The normalized spacial score (nSPS) is 11.0. The lowest BCUT2D eigenvalue weighted by Gasteiger charge is -2.20. The van der Waals surface area contributed by atoms with Gasteiger partial charge in [-0.3, -0.25) is 4.79 Å². The van der Waals surface area contributed by atoms with Crippen LogP contribution in [0.1, 0.15) is 23.5 Å². The van der Waals surface area contributed by atoms with E-state index < -0.39 is 5.97 Å². The molecule has 0 fully saturated rings. The largest absolute Gasteiger partial charge is 0.451 e. The molecule has 0 saturated carbocycles. The molecular formula is C15H15Cl2NO3S.